The molecule has 5 nitrogen and oxygen atoms in total. The number of benzene rings is 2. The monoisotopic (exact) mass is 398 g/mol. The number of hydrogen-bond acceptors (Lipinski definition) is 3. The standard InChI is InChI=1S/C21H20ClFN4O/c1-13(24)17-7-3-15(4-8-17)11-25-21(28)19-14(2)26-27(20(19)22)12-16-5-9-18(23)10-6-16/h3-10,24H,11-12H2,1-2H3,(H,25,28). The van der Waals surface area contributed by atoms with Crippen LogP contribution in [0.5, 0.6) is 0 Å². The molecule has 2 N–H and O–H groups in total. The van der Waals surface area contributed by atoms with Crippen LogP contribution in [0.2, 0.25) is 5.15 Å². The van der Waals surface area contributed by atoms with Crippen LogP contribution in [0.15, 0.2) is 48.5 Å². The van der Waals surface area contributed by atoms with Gasteiger partial charge in [-0.15, -0.1) is 0 Å². The van der Waals surface area contributed by atoms with Gasteiger partial charge in [0.05, 0.1) is 17.8 Å². The van der Waals surface area contributed by atoms with E-state index in [0.717, 1.165) is 16.7 Å². The second-order valence-electron chi connectivity index (χ2n) is 6.54. The molecular weight excluding hydrogens is 379 g/mol. The quantitative estimate of drug-likeness (QED) is 0.606. The average Bonchev–Trinajstić information content (AvgIpc) is 2.95. The Hall–Kier alpha value is -2.99. The Morgan fingerprint density at radius 2 is 1.75 bits per heavy atom. The minimum atomic E-state index is -0.310. The number of aryl methyl sites for hydroxylation is 1. The molecule has 0 radical (unpaired) electrons. The van der Waals surface area contributed by atoms with Crippen molar-refractivity contribution in [1.29, 1.82) is 5.41 Å². The Balaban J connectivity index is 1.70. The van der Waals surface area contributed by atoms with Crippen LogP contribution in [-0.2, 0) is 13.1 Å². The van der Waals surface area contributed by atoms with E-state index in [9.17, 15) is 9.18 Å². The summed E-state index contributed by atoms with van der Waals surface area (Å²) in [6.45, 7) is 4.14. The third-order valence-electron chi connectivity index (χ3n) is 4.38. The lowest BCUT2D eigenvalue weighted by Crippen LogP contribution is -2.23. The molecular formula is C21H20ClFN4O. The maximum absolute atomic E-state index is 13.1. The van der Waals surface area contributed by atoms with Gasteiger partial charge in [0.2, 0.25) is 0 Å². The fourth-order valence-electron chi connectivity index (χ4n) is 2.82. The van der Waals surface area contributed by atoms with Crippen molar-refractivity contribution in [2.24, 2.45) is 0 Å². The fourth-order valence-corrected chi connectivity index (χ4v) is 3.14. The zero-order valence-corrected chi connectivity index (χ0v) is 16.3. The maximum Gasteiger partial charge on any atom is 0.256 e. The van der Waals surface area contributed by atoms with E-state index in [1.54, 1.807) is 26.0 Å². The van der Waals surface area contributed by atoms with E-state index >= 15 is 0 Å². The predicted molar refractivity (Wildman–Crippen MR) is 108 cm³/mol. The summed E-state index contributed by atoms with van der Waals surface area (Å²) in [7, 11) is 0. The molecule has 2 aromatic carbocycles. The molecule has 3 aromatic rings. The zero-order valence-electron chi connectivity index (χ0n) is 15.6. The molecule has 0 aliphatic heterocycles. The molecule has 3 rings (SSSR count). The molecule has 1 amide bonds. The first-order valence-corrected chi connectivity index (χ1v) is 9.13. The topological polar surface area (TPSA) is 70.8 Å². The van der Waals surface area contributed by atoms with E-state index in [4.69, 9.17) is 17.0 Å². The summed E-state index contributed by atoms with van der Waals surface area (Å²) in [4.78, 5) is 12.6. The van der Waals surface area contributed by atoms with Gasteiger partial charge >= 0.3 is 0 Å². The summed E-state index contributed by atoms with van der Waals surface area (Å²) < 4.78 is 14.6. The van der Waals surface area contributed by atoms with Crippen molar-refractivity contribution < 1.29 is 9.18 Å². The van der Waals surface area contributed by atoms with Crippen LogP contribution >= 0.6 is 11.6 Å². The van der Waals surface area contributed by atoms with Gasteiger partial charge in [0.15, 0.2) is 0 Å². The molecule has 28 heavy (non-hydrogen) atoms. The lowest BCUT2D eigenvalue weighted by atomic mass is 10.1. The van der Waals surface area contributed by atoms with Gasteiger partial charge in [-0.2, -0.15) is 5.10 Å². The van der Waals surface area contributed by atoms with Crippen molar-refractivity contribution in [2.45, 2.75) is 26.9 Å². The molecule has 0 bridgehead atoms. The highest BCUT2D eigenvalue weighted by Crippen LogP contribution is 2.21. The van der Waals surface area contributed by atoms with Gasteiger partial charge in [-0.05, 0) is 42.7 Å². The SMILES string of the molecule is CC(=N)c1ccc(CNC(=O)c2c(C)nn(Cc3ccc(F)cc3)c2Cl)cc1. The average molecular weight is 399 g/mol. The largest absolute Gasteiger partial charge is 0.348 e. The van der Waals surface area contributed by atoms with Crippen LogP contribution in [0.4, 0.5) is 4.39 Å². The molecule has 0 unspecified atom stereocenters. The number of nitrogens with one attached hydrogen (secondary N) is 2. The van der Waals surface area contributed by atoms with Crippen LogP contribution in [0.1, 0.15) is 39.7 Å². The first kappa shape index (κ1) is 19.8. The van der Waals surface area contributed by atoms with Crippen molar-refractivity contribution in [2.75, 3.05) is 0 Å². The molecule has 1 aromatic heterocycles. The van der Waals surface area contributed by atoms with E-state index in [1.165, 1.54) is 16.8 Å². The molecule has 0 saturated heterocycles. The van der Waals surface area contributed by atoms with Gasteiger partial charge in [-0.1, -0.05) is 48.0 Å². The van der Waals surface area contributed by atoms with E-state index < -0.39 is 0 Å². The minimum absolute atomic E-state index is 0.245. The summed E-state index contributed by atoms with van der Waals surface area (Å²) in [6, 6.07) is 13.5. The normalized spacial score (nSPS) is 10.7. The summed E-state index contributed by atoms with van der Waals surface area (Å²) in [5.74, 6) is -0.615. The molecule has 0 fully saturated rings. The van der Waals surface area contributed by atoms with E-state index in [1.807, 2.05) is 24.3 Å². The summed E-state index contributed by atoms with van der Waals surface area (Å²) in [6.07, 6.45) is 0. The van der Waals surface area contributed by atoms with E-state index in [2.05, 4.69) is 10.4 Å². The molecule has 7 heteroatoms. The van der Waals surface area contributed by atoms with Gasteiger partial charge in [0.25, 0.3) is 5.91 Å². The van der Waals surface area contributed by atoms with Crippen molar-refractivity contribution in [1.82, 2.24) is 15.1 Å². The van der Waals surface area contributed by atoms with E-state index in [0.29, 0.717) is 30.1 Å². The Kier molecular flexibility index (Phi) is 5.90. The smallest absolute Gasteiger partial charge is 0.256 e. The molecule has 0 saturated carbocycles. The number of amides is 1. The Bertz CT molecular complexity index is 1010. The lowest BCUT2D eigenvalue weighted by molar-refractivity contribution is 0.0950. The molecule has 0 atom stereocenters. The second kappa shape index (κ2) is 8.35. The van der Waals surface area contributed by atoms with Gasteiger partial charge in [-0.3, -0.25) is 4.79 Å². The number of nitrogens with zero attached hydrogens (tertiary/aromatic N) is 2. The predicted octanol–water partition coefficient (Wildman–Crippen LogP) is 4.35. The van der Waals surface area contributed by atoms with Gasteiger partial charge in [0, 0.05) is 12.3 Å². The zero-order chi connectivity index (χ0) is 20.3. The van der Waals surface area contributed by atoms with Crippen LogP contribution in [0.3, 0.4) is 0 Å². The third kappa shape index (κ3) is 4.46. The number of rotatable bonds is 6. The highest BCUT2D eigenvalue weighted by Gasteiger charge is 2.20. The Labute approximate surface area is 167 Å². The summed E-state index contributed by atoms with van der Waals surface area (Å²) >= 11 is 6.38. The first-order chi connectivity index (χ1) is 13.3. The molecule has 0 aliphatic rings. The number of carbonyl (C=O) groups is 1. The maximum atomic E-state index is 13.1. The van der Waals surface area contributed by atoms with Crippen LogP contribution < -0.4 is 5.32 Å². The second-order valence-corrected chi connectivity index (χ2v) is 6.90. The van der Waals surface area contributed by atoms with Crippen molar-refractivity contribution in [3.8, 4) is 0 Å². The minimum Gasteiger partial charge on any atom is -0.348 e. The van der Waals surface area contributed by atoms with Crippen molar-refractivity contribution in [3.05, 3.63) is 87.4 Å². The van der Waals surface area contributed by atoms with Crippen LogP contribution in [0.25, 0.3) is 0 Å². The van der Waals surface area contributed by atoms with Gasteiger partial charge < -0.3 is 10.7 Å². The van der Waals surface area contributed by atoms with Crippen molar-refractivity contribution in [3.63, 3.8) is 0 Å². The number of hydrogen-bond donors (Lipinski definition) is 2. The first-order valence-electron chi connectivity index (χ1n) is 8.75. The highest BCUT2D eigenvalue weighted by molar-refractivity contribution is 6.33. The molecule has 1 heterocycles. The van der Waals surface area contributed by atoms with E-state index in [-0.39, 0.29) is 16.9 Å². The molecule has 0 spiro atoms. The van der Waals surface area contributed by atoms with Gasteiger partial charge in [0.1, 0.15) is 11.0 Å². The molecule has 144 valence electrons. The summed E-state index contributed by atoms with van der Waals surface area (Å²) in [5, 5.41) is 15.1. The third-order valence-corrected chi connectivity index (χ3v) is 4.76. The Morgan fingerprint density at radius 1 is 1.14 bits per heavy atom. The number of carbonyl (C=O) groups excluding carboxylic acids is 1. The summed E-state index contributed by atoms with van der Waals surface area (Å²) in [5.41, 5.74) is 3.95. The van der Waals surface area contributed by atoms with Crippen molar-refractivity contribution >= 4 is 23.2 Å². The Morgan fingerprint density at radius 3 is 2.36 bits per heavy atom. The highest BCUT2D eigenvalue weighted by atomic mass is 35.5. The van der Waals surface area contributed by atoms with Crippen LogP contribution in [-0.4, -0.2) is 21.4 Å². The lowest BCUT2D eigenvalue weighted by Gasteiger charge is -2.07. The van der Waals surface area contributed by atoms with Crippen LogP contribution in [0, 0.1) is 18.2 Å². The van der Waals surface area contributed by atoms with Gasteiger partial charge in [-0.25, -0.2) is 9.07 Å². The molecule has 0 aliphatic carbocycles. The fraction of sp³-hybridized carbons (Fsp3) is 0.190. The number of halogens is 2. The number of aromatic nitrogens is 2.